The maximum atomic E-state index is 13.1. The second-order valence-electron chi connectivity index (χ2n) is 15.2. The van der Waals surface area contributed by atoms with E-state index in [-0.39, 0.29) is 88.6 Å². The minimum Gasteiger partial charge on any atom is -0.507 e. The summed E-state index contributed by atoms with van der Waals surface area (Å²) in [7, 11) is 0. The van der Waals surface area contributed by atoms with E-state index in [0.717, 1.165) is 12.1 Å². The fourth-order valence-corrected chi connectivity index (χ4v) is 8.20. The quantitative estimate of drug-likeness (QED) is 0.0629. The van der Waals surface area contributed by atoms with Crippen molar-refractivity contribution in [1.29, 1.82) is 0 Å². The van der Waals surface area contributed by atoms with Gasteiger partial charge in [-0.1, -0.05) is 72.8 Å². The molecule has 18 heteroatoms. The molecule has 0 aliphatic heterocycles. The molecule has 0 atom stereocenters. The van der Waals surface area contributed by atoms with Crippen molar-refractivity contribution in [3.8, 4) is 23.0 Å². The van der Waals surface area contributed by atoms with Crippen LogP contribution in [0.1, 0.15) is 45.2 Å². The molecule has 336 valence electrons. The van der Waals surface area contributed by atoms with Crippen molar-refractivity contribution >= 4 is 55.3 Å². The lowest BCUT2D eigenvalue weighted by molar-refractivity contribution is -0.385. The summed E-state index contributed by atoms with van der Waals surface area (Å²) in [5.41, 5.74) is -5.31. The zero-order valence-corrected chi connectivity index (χ0v) is 34.6. The van der Waals surface area contributed by atoms with Gasteiger partial charge in [-0.15, -0.1) is 0 Å². The van der Waals surface area contributed by atoms with E-state index in [2.05, 4.69) is 0 Å². The van der Waals surface area contributed by atoms with E-state index in [1.807, 2.05) is 0 Å². The van der Waals surface area contributed by atoms with Crippen molar-refractivity contribution in [3.05, 3.63) is 241 Å². The molecule has 68 heavy (non-hydrogen) atoms. The molecule has 4 N–H and O–H groups in total. The van der Waals surface area contributed by atoms with Crippen molar-refractivity contribution in [2.75, 3.05) is 0 Å². The Kier molecular flexibility index (Phi) is 11.0. The van der Waals surface area contributed by atoms with Gasteiger partial charge in [0.15, 0.2) is 0 Å². The van der Waals surface area contributed by atoms with Crippen LogP contribution in [-0.4, -0.2) is 30.3 Å². The average molecular weight is 915 g/mol. The molecule has 0 aliphatic carbocycles. The highest BCUT2D eigenvalue weighted by Gasteiger charge is 2.35. The number of aromatic hydroxyl groups is 4. The van der Waals surface area contributed by atoms with Crippen LogP contribution in [0.4, 0.5) is 11.4 Å². The van der Waals surface area contributed by atoms with Crippen LogP contribution in [0.25, 0.3) is 43.9 Å². The number of benzene rings is 6. The molecule has 0 bridgehead atoms. The van der Waals surface area contributed by atoms with Gasteiger partial charge in [0.1, 0.15) is 45.3 Å². The SMILES string of the molecule is O=c1oc2ccccc2c(O)c1C(c1cccc([N+](=O)[O-])c1)c1c(O)c2ccccc2oc1=O.O=c1oc2ccccc2c(O)c1C(c1cccc([N+](=O)[O-])c1)c1c(O)c2ccccc2oc1=O. The Morgan fingerprint density at radius 2 is 0.618 bits per heavy atom. The lowest BCUT2D eigenvalue weighted by Crippen LogP contribution is -2.21. The third-order valence-corrected chi connectivity index (χ3v) is 11.3. The molecule has 0 spiro atoms. The molecule has 0 saturated carbocycles. The maximum absolute atomic E-state index is 13.1. The second kappa shape index (κ2) is 17.3. The van der Waals surface area contributed by atoms with E-state index in [1.54, 1.807) is 48.5 Å². The molecule has 10 aromatic rings. The van der Waals surface area contributed by atoms with Crippen LogP contribution in [0.2, 0.25) is 0 Å². The molecule has 0 unspecified atom stereocenters. The van der Waals surface area contributed by atoms with Gasteiger partial charge in [0.2, 0.25) is 0 Å². The molecule has 4 aromatic heterocycles. The topological polar surface area (TPSA) is 288 Å². The van der Waals surface area contributed by atoms with Crippen LogP contribution in [0.15, 0.2) is 182 Å². The molecule has 18 nitrogen and oxygen atoms in total. The summed E-state index contributed by atoms with van der Waals surface area (Å²) in [5, 5.41) is 67.9. The average Bonchev–Trinajstić information content (AvgIpc) is 3.33. The monoisotopic (exact) mass is 914 g/mol. The summed E-state index contributed by atoms with van der Waals surface area (Å²) >= 11 is 0. The molecule has 0 aliphatic rings. The summed E-state index contributed by atoms with van der Waals surface area (Å²) in [4.78, 5) is 73.8. The van der Waals surface area contributed by atoms with E-state index in [1.165, 1.54) is 84.9 Å². The standard InChI is InChI=1S/2C25H15NO8/c2*27-22-15-8-1-3-10-17(15)33-24(29)20(22)19(13-6-5-7-14(12-13)26(31)32)21-23(28)16-9-2-4-11-18(16)34-25(21)30/h2*1-12,19,27-28H. The lowest BCUT2D eigenvalue weighted by atomic mass is 9.84. The number of para-hydroxylation sites is 4. The fraction of sp³-hybridized carbons (Fsp3) is 0.0400. The van der Waals surface area contributed by atoms with Gasteiger partial charge in [-0.25, -0.2) is 19.2 Å². The molecular weight excluding hydrogens is 885 g/mol. The predicted molar refractivity (Wildman–Crippen MR) is 245 cm³/mol. The van der Waals surface area contributed by atoms with Crippen LogP contribution in [0, 0.1) is 20.2 Å². The van der Waals surface area contributed by atoms with Crippen molar-refractivity contribution in [3.63, 3.8) is 0 Å². The zero-order valence-electron chi connectivity index (χ0n) is 34.6. The third-order valence-electron chi connectivity index (χ3n) is 11.3. The Bertz CT molecular complexity index is 3490. The number of nitrogens with zero attached hydrogens (tertiary/aromatic N) is 2. The minimum absolute atomic E-state index is 0.102. The molecular formula is C50H30N2O16. The van der Waals surface area contributed by atoms with Crippen LogP contribution in [0.3, 0.4) is 0 Å². The summed E-state index contributed by atoms with van der Waals surface area (Å²) < 4.78 is 21.5. The van der Waals surface area contributed by atoms with Crippen molar-refractivity contribution < 1.29 is 47.9 Å². The number of fused-ring (bicyclic) bond motifs is 4. The lowest BCUT2D eigenvalue weighted by Gasteiger charge is -2.19. The van der Waals surface area contributed by atoms with Gasteiger partial charge >= 0.3 is 22.5 Å². The molecule has 0 radical (unpaired) electrons. The molecule has 4 heterocycles. The number of rotatable bonds is 8. The van der Waals surface area contributed by atoms with Crippen molar-refractivity contribution in [2.24, 2.45) is 0 Å². The van der Waals surface area contributed by atoms with Gasteiger partial charge in [-0.05, 0) is 59.7 Å². The van der Waals surface area contributed by atoms with E-state index >= 15 is 0 Å². The first-order valence-electron chi connectivity index (χ1n) is 20.2. The molecule has 0 saturated heterocycles. The van der Waals surface area contributed by atoms with Crippen LogP contribution in [-0.2, 0) is 0 Å². The third kappa shape index (κ3) is 7.58. The Balaban J connectivity index is 0.000000170. The normalized spacial score (nSPS) is 11.3. The zero-order chi connectivity index (χ0) is 48.0. The first-order valence-corrected chi connectivity index (χ1v) is 20.2. The molecule has 0 amide bonds. The van der Waals surface area contributed by atoms with Crippen molar-refractivity contribution in [1.82, 2.24) is 0 Å². The number of non-ortho nitro benzene ring substituents is 2. The predicted octanol–water partition coefficient (Wildman–Crippen LogP) is 8.80. The number of hydrogen-bond acceptors (Lipinski definition) is 16. The summed E-state index contributed by atoms with van der Waals surface area (Å²) in [5.74, 6) is -4.76. The van der Waals surface area contributed by atoms with E-state index < -0.39 is 67.2 Å². The van der Waals surface area contributed by atoms with Crippen molar-refractivity contribution in [2.45, 2.75) is 11.8 Å². The summed E-state index contributed by atoms with van der Waals surface area (Å²) in [6.07, 6.45) is 0. The minimum atomic E-state index is -1.43. The van der Waals surface area contributed by atoms with Gasteiger partial charge < -0.3 is 38.1 Å². The summed E-state index contributed by atoms with van der Waals surface area (Å²) in [6, 6.07) is 35.4. The Morgan fingerprint density at radius 3 is 0.868 bits per heavy atom. The van der Waals surface area contributed by atoms with Crippen LogP contribution < -0.4 is 22.5 Å². The van der Waals surface area contributed by atoms with Gasteiger partial charge in [0, 0.05) is 24.3 Å². The number of nitro groups is 2. The van der Waals surface area contributed by atoms with E-state index in [9.17, 15) is 59.8 Å². The highest BCUT2D eigenvalue weighted by atomic mass is 16.6. The largest absolute Gasteiger partial charge is 0.507 e. The summed E-state index contributed by atoms with van der Waals surface area (Å²) in [6.45, 7) is 0. The highest BCUT2D eigenvalue weighted by molar-refractivity contribution is 5.88. The maximum Gasteiger partial charge on any atom is 0.344 e. The second-order valence-corrected chi connectivity index (χ2v) is 15.2. The fourth-order valence-electron chi connectivity index (χ4n) is 8.20. The Morgan fingerprint density at radius 1 is 0.368 bits per heavy atom. The van der Waals surface area contributed by atoms with Gasteiger partial charge in [-0.3, -0.25) is 20.2 Å². The highest BCUT2D eigenvalue weighted by Crippen LogP contribution is 2.44. The number of hydrogen-bond donors (Lipinski definition) is 4. The molecule has 6 aromatic carbocycles. The number of nitro benzene ring substituents is 2. The molecule has 10 rings (SSSR count). The van der Waals surface area contributed by atoms with Gasteiger partial charge in [-0.2, -0.15) is 0 Å². The van der Waals surface area contributed by atoms with Gasteiger partial charge in [0.05, 0.1) is 65.5 Å². The van der Waals surface area contributed by atoms with Crippen LogP contribution in [0.5, 0.6) is 23.0 Å². The Labute approximate surface area is 378 Å². The first-order chi connectivity index (χ1) is 32.7. The van der Waals surface area contributed by atoms with Crippen LogP contribution >= 0.6 is 0 Å². The Hall–Kier alpha value is -9.84. The van der Waals surface area contributed by atoms with E-state index in [0.29, 0.717) is 0 Å². The smallest absolute Gasteiger partial charge is 0.344 e. The first kappa shape index (κ1) is 43.4. The molecule has 0 fully saturated rings. The van der Waals surface area contributed by atoms with E-state index in [4.69, 9.17) is 17.7 Å². The van der Waals surface area contributed by atoms with Gasteiger partial charge in [0.25, 0.3) is 11.4 Å².